The molecule has 0 fully saturated rings. The first-order chi connectivity index (χ1) is 8.18. The van der Waals surface area contributed by atoms with E-state index in [1.165, 1.54) is 24.4 Å². The van der Waals surface area contributed by atoms with Gasteiger partial charge in [-0.3, -0.25) is 0 Å². The second-order valence-electron chi connectivity index (χ2n) is 3.19. The first kappa shape index (κ1) is 11.6. The molecule has 0 bridgehead atoms. The van der Waals surface area contributed by atoms with Crippen LogP contribution in [0.1, 0.15) is 10.4 Å². The van der Waals surface area contributed by atoms with Crippen molar-refractivity contribution < 1.29 is 14.3 Å². The van der Waals surface area contributed by atoms with Gasteiger partial charge >= 0.3 is 5.97 Å². The monoisotopic (exact) mass is 249 g/mol. The van der Waals surface area contributed by atoms with Crippen LogP contribution in [0.4, 0.5) is 4.39 Å². The summed E-state index contributed by atoms with van der Waals surface area (Å²) in [7, 11) is 0. The summed E-state index contributed by atoms with van der Waals surface area (Å²) < 4.78 is 13.4. The molecule has 0 aliphatic heterocycles. The van der Waals surface area contributed by atoms with Crippen molar-refractivity contribution in [1.29, 1.82) is 0 Å². The van der Waals surface area contributed by atoms with Crippen molar-refractivity contribution in [1.82, 2.24) is 4.98 Å². The molecular formula is C12H8FNO2S. The van der Waals surface area contributed by atoms with E-state index in [2.05, 4.69) is 4.98 Å². The number of pyridine rings is 1. The Morgan fingerprint density at radius 3 is 2.71 bits per heavy atom. The first-order valence-corrected chi connectivity index (χ1v) is 5.61. The minimum Gasteiger partial charge on any atom is -0.478 e. The van der Waals surface area contributed by atoms with Crippen LogP contribution in [0, 0.1) is 5.82 Å². The zero-order valence-electron chi connectivity index (χ0n) is 8.63. The highest BCUT2D eigenvalue weighted by Gasteiger charge is 2.13. The number of hydrogen-bond acceptors (Lipinski definition) is 3. The topological polar surface area (TPSA) is 50.2 Å². The lowest BCUT2D eigenvalue weighted by atomic mass is 10.3. The maximum atomic E-state index is 13.4. The Balaban J connectivity index is 2.37. The third-order valence-corrected chi connectivity index (χ3v) is 3.11. The Morgan fingerprint density at radius 2 is 2.00 bits per heavy atom. The number of aromatic nitrogens is 1. The van der Waals surface area contributed by atoms with Gasteiger partial charge in [0.15, 0.2) is 0 Å². The number of rotatable bonds is 3. The molecule has 0 amide bonds. The Labute approximate surface area is 101 Å². The number of nitrogens with zero attached hydrogens (tertiary/aromatic N) is 1. The maximum absolute atomic E-state index is 13.4. The molecule has 3 nitrogen and oxygen atoms in total. The van der Waals surface area contributed by atoms with E-state index < -0.39 is 5.97 Å². The summed E-state index contributed by atoms with van der Waals surface area (Å²) >= 11 is 1.00. The fourth-order valence-electron chi connectivity index (χ4n) is 1.27. The van der Waals surface area contributed by atoms with Crippen LogP contribution in [0.25, 0.3) is 0 Å². The van der Waals surface area contributed by atoms with E-state index in [1.807, 2.05) is 0 Å². The van der Waals surface area contributed by atoms with Gasteiger partial charge in [0.1, 0.15) is 10.8 Å². The second-order valence-corrected chi connectivity index (χ2v) is 4.22. The Kier molecular flexibility index (Phi) is 3.39. The van der Waals surface area contributed by atoms with Crippen LogP contribution < -0.4 is 0 Å². The molecule has 17 heavy (non-hydrogen) atoms. The lowest BCUT2D eigenvalue weighted by molar-refractivity contribution is 0.0692. The third-order valence-electron chi connectivity index (χ3n) is 2.04. The van der Waals surface area contributed by atoms with Crippen molar-refractivity contribution in [2.75, 3.05) is 0 Å². The van der Waals surface area contributed by atoms with E-state index >= 15 is 0 Å². The first-order valence-electron chi connectivity index (χ1n) is 4.79. The minimum absolute atomic E-state index is 0.0701. The van der Waals surface area contributed by atoms with Crippen molar-refractivity contribution in [2.45, 2.75) is 9.92 Å². The lowest BCUT2D eigenvalue weighted by Crippen LogP contribution is -2.00. The van der Waals surface area contributed by atoms with E-state index in [0.29, 0.717) is 4.90 Å². The molecule has 2 aromatic rings. The zero-order chi connectivity index (χ0) is 12.3. The fourth-order valence-corrected chi connectivity index (χ4v) is 2.17. The quantitative estimate of drug-likeness (QED) is 0.908. The summed E-state index contributed by atoms with van der Waals surface area (Å²) in [5, 5.41) is 9.25. The molecule has 0 atom stereocenters. The average molecular weight is 249 g/mol. The van der Waals surface area contributed by atoms with Crippen molar-refractivity contribution in [2.24, 2.45) is 0 Å². The van der Waals surface area contributed by atoms with Crippen molar-refractivity contribution in [3.8, 4) is 0 Å². The predicted molar refractivity (Wildman–Crippen MR) is 61.7 cm³/mol. The van der Waals surface area contributed by atoms with Crippen LogP contribution in [-0.4, -0.2) is 16.1 Å². The van der Waals surface area contributed by atoms with Crippen LogP contribution in [0.5, 0.6) is 0 Å². The molecule has 2 rings (SSSR count). The van der Waals surface area contributed by atoms with Gasteiger partial charge in [0.25, 0.3) is 0 Å². The fraction of sp³-hybridized carbons (Fsp3) is 0. The number of aromatic carboxylic acids is 1. The summed E-state index contributed by atoms with van der Waals surface area (Å²) in [5.74, 6) is -1.46. The summed E-state index contributed by atoms with van der Waals surface area (Å²) in [4.78, 5) is 15.3. The second kappa shape index (κ2) is 4.97. The van der Waals surface area contributed by atoms with Crippen molar-refractivity contribution >= 4 is 17.7 Å². The molecule has 5 heteroatoms. The molecule has 0 radical (unpaired) electrons. The highest BCUT2D eigenvalue weighted by atomic mass is 32.2. The molecule has 0 spiro atoms. The number of halogens is 1. The van der Waals surface area contributed by atoms with Crippen LogP contribution >= 0.6 is 11.8 Å². The maximum Gasteiger partial charge on any atom is 0.338 e. The van der Waals surface area contributed by atoms with Gasteiger partial charge in [-0.25, -0.2) is 14.2 Å². The SMILES string of the molecule is O=C(O)c1cccnc1Sc1ccccc1F. The van der Waals surface area contributed by atoms with Gasteiger partial charge in [0.2, 0.25) is 0 Å². The van der Waals surface area contributed by atoms with Crippen LogP contribution in [0.15, 0.2) is 52.5 Å². The van der Waals surface area contributed by atoms with Gasteiger partial charge in [0.05, 0.1) is 5.56 Å². The highest BCUT2D eigenvalue weighted by Crippen LogP contribution is 2.30. The molecule has 1 aromatic carbocycles. The third kappa shape index (κ3) is 2.62. The predicted octanol–water partition coefficient (Wildman–Crippen LogP) is 3.07. The highest BCUT2D eigenvalue weighted by molar-refractivity contribution is 7.99. The molecular weight excluding hydrogens is 241 g/mol. The number of carboxylic acids is 1. The molecule has 86 valence electrons. The smallest absolute Gasteiger partial charge is 0.338 e. The summed E-state index contributed by atoms with van der Waals surface area (Å²) in [6.07, 6.45) is 1.48. The van der Waals surface area contributed by atoms with E-state index in [4.69, 9.17) is 5.11 Å². The largest absolute Gasteiger partial charge is 0.478 e. The number of hydrogen-bond donors (Lipinski definition) is 1. The van der Waals surface area contributed by atoms with E-state index in [-0.39, 0.29) is 16.4 Å². The van der Waals surface area contributed by atoms with E-state index in [0.717, 1.165) is 11.8 Å². The molecule has 1 aromatic heterocycles. The van der Waals surface area contributed by atoms with Gasteiger partial charge in [-0.2, -0.15) is 0 Å². The molecule has 1 heterocycles. The summed E-state index contributed by atoms with van der Waals surface area (Å²) in [6, 6.07) is 9.16. The van der Waals surface area contributed by atoms with Crippen LogP contribution in [-0.2, 0) is 0 Å². The van der Waals surface area contributed by atoms with Crippen LogP contribution in [0.2, 0.25) is 0 Å². The Hall–Kier alpha value is -1.88. The summed E-state index contributed by atoms with van der Waals surface area (Å²) in [5.41, 5.74) is 0.0701. The van der Waals surface area contributed by atoms with Crippen molar-refractivity contribution in [3.63, 3.8) is 0 Å². The molecule has 0 aliphatic rings. The minimum atomic E-state index is -1.07. The average Bonchev–Trinajstić information content (AvgIpc) is 2.32. The van der Waals surface area contributed by atoms with Crippen LogP contribution in [0.3, 0.4) is 0 Å². The van der Waals surface area contributed by atoms with Gasteiger partial charge < -0.3 is 5.11 Å². The van der Waals surface area contributed by atoms with Crippen molar-refractivity contribution in [3.05, 3.63) is 54.0 Å². The van der Waals surface area contributed by atoms with Gasteiger partial charge in [-0.15, -0.1) is 0 Å². The van der Waals surface area contributed by atoms with Gasteiger partial charge in [0, 0.05) is 11.1 Å². The zero-order valence-corrected chi connectivity index (χ0v) is 9.45. The molecule has 0 saturated carbocycles. The Morgan fingerprint density at radius 1 is 1.24 bits per heavy atom. The van der Waals surface area contributed by atoms with Gasteiger partial charge in [-0.1, -0.05) is 23.9 Å². The standard InChI is InChI=1S/C12H8FNO2S/c13-9-5-1-2-6-10(9)17-11-8(12(15)16)4-3-7-14-11/h1-7H,(H,15,16). The molecule has 1 N–H and O–H groups in total. The lowest BCUT2D eigenvalue weighted by Gasteiger charge is -2.04. The summed E-state index contributed by atoms with van der Waals surface area (Å²) in [6.45, 7) is 0. The Bertz CT molecular complexity index is 560. The number of benzene rings is 1. The normalized spacial score (nSPS) is 10.2. The molecule has 0 unspecified atom stereocenters. The molecule has 0 aliphatic carbocycles. The van der Waals surface area contributed by atoms with E-state index in [1.54, 1.807) is 18.2 Å². The number of carbonyl (C=O) groups is 1. The molecule has 0 saturated heterocycles. The van der Waals surface area contributed by atoms with E-state index in [9.17, 15) is 9.18 Å². The van der Waals surface area contributed by atoms with Gasteiger partial charge in [-0.05, 0) is 24.3 Å². The number of carboxylic acid groups (broad SMARTS) is 1.